The number of benzene rings is 2. The standard InChI is InChI=1S/C32H43F3/c1-3-5-7-8-10-11-22-13-14-24-20-25(16-15-23(24)19-22)28-18-17-26-21-27(12-9-6-4-2)30(33)32(35)29(26)31(28)34/h4,6,17-18,21-25H,3,5,7-16,19-20H2,1-2H3. The van der Waals surface area contributed by atoms with Gasteiger partial charge in [0, 0.05) is 0 Å². The lowest BCUT2D eigenvalue weighted by Gasteiger charge is -2.42. The Morgan fingerprint density at radius 3 is 2.43 bits per heavy atom. The van der Waals surface area contributed by atoms with Gasteiger partial charge in [-0.2, -0.15) is 0 Å². The van der Waals surface area contributed by atoms with Crippen molar-refractivity contribution in [3.8, 4) is 0 Å². The summed E-state index contributed by atoms with van der Waals surface area (Å²) in [7, 11) is 0. The Balaban J connectivity index is 1.42. The summed E-state index contributed by atoms with van der Waals surface area (Å²) >= 11 is 0. The van der Waals surface area contributed by atoms with Crippen molar-refractivity contribution in [1.82, 2.24) is 0 Å². The fourth-order valence-electron chi connectivity index (χ4n) is 6.92. The van der Waals surface area contributed by atoms with E-state index in [-0.39, 0.29) is 11.3 Å². The Morgan fingerprint density at radius 2 is 1.63 bits per heavy atom. The summed E-state index contributed by atoms with van der Waals surface area (Å²) in [6, 6.07) is 5.28. The van der Waals surface area contributed by atoms with Crippen molar-refractivity contribution < 1.29 is 13.2 Å². The molecule has 4 unspecified atom stereocenters. The van der Waals surface area contributed by atoms with Crippen LogP contribution in [0.4, 0.5) is 13.2 Å². The summed E-state index contributed by atoms with van der Waals surface area (Å²) in [4.78, 5) is 0. The minimum atomic E-state index is -1.02. The van der Waals surface area contributed by atoms with Crippen LogP contribution < -0.4 is 0 Å². The molecule has 3 heteroatoms. The molecular weight excluding hydrogens is 441 g/mol. The average Bonchev–Trinajstić information content (AvgIpc) is 2.86. The molecule has 2 aliphatic carbocycles. The molecule has 0 amide bonds. The first-order valence-electron chi connectivity index (χ1n) is 14.2. The Hall–Kier alpha value is -1.77. The first-order chi connectivity index (χ1) is 17.0. The molecule has 0 nitrogen and oxygen atoms in total. The average molecular weight is 485 g/mol. The molecule has 0 saturated heterocycles. The van der Waals surface area contributed by atoms with E-state index >= 15 is 8.78 Å². The van der Waals surface area contributed by atoms with Gasteiger partial charge in [-0.15, -0.1) is 0 Å². The van der Waals surface area contributed by atoms with Gasteiger partial charge in [-0.25, -0.2) is 13.2 Å². The number of allylic oxidation sites excluding steroid dienone is 2. The molecular formula is C32H43F3. The van der Waals surface area contributed by atoms with E-state index in [1.54, 1.807) is 12.1 Å². The van der Waals surface area contributed by atoms with E-state index in [0.717, 1.165) is 31.1 Å². The largest absolute Gasteiger partial charge is 0.206 e. The van der Waals surface area contributed by atoms with Crippen LogP contribution in [0, 0.1) is 35.2 Å². The van der Waals surface area contributed by atoms with E-state index in [0.29, 0.717) is 35.3 Å². The second kappa shape index (κ2) is 12.5. The van der Waals surface area contributed by atoms with Gasteiger partial charge in [0.05, 0.1) is 5.39 Å². The summed E-state index contributed by atoms with van der Waals surface area (Å²) < 4.78 is 45.4. The highest BCUT2D eigenvalue weighted by Gasteiger charge is 2.37. The number of hydrogen-bond acceptors (Lipinski definition) is 0. The molecule has 4 rings (SSSR count). The molecule has 0 aromatic heterocycles. The molecule has 192 valence electrons. The number of unbranched alkanes of at least 4 members (excludes halogenated alkanes) is 4. The zero-order valence-corrected chi connectivity index (χ0v) is 21.7. The third-order valence-electron chi connectivity index (χ3n) is 8.92. The van der Waals surface area contributed by atoms with Gasteiger partial charge in [-0.1, -0.05) is 76.2 Å². The second-order valence-electron chi connectivity index (χ2n) is 11.3. The lowest BCUT2D eigenvalue weighted by atomic mass is 9.63. The monoisotopic (exact) mass is 484 g/mol. The fraction of sp³-hybridized carbons (Fsp3) is 0.625. The quantitative estimate of drug-likeness (QED) is 0.232. The second-order valence-corrected chi connectivity index (χ2v) is 11.3. The molecule has 0 bridgehead atoms. The van der Waals surface area contributed by atoms with Crippen LogP contribution in [-0.2, 0) is 6.42 Å². The Labute approximate surface area is 210 Å². The van der Waals surface area contributed by atoms with Gasteiger partial charge in [0.15, 0.2) is 11.6 Å². The van der Waals surface area contributed by atoms with Crippen molar-refractivity contribution in [2.24, 2.45) is 17.8 Å². The molecule has 35 heavy (non-hydrogen) atoms. The topological polar surface area (TPSA) is 0 Å². The van der Waals surface area contributed by atoms with Gasteiger partial charge < -0.3 is 0 Å². The molecule has 0 heterocycles. The van der Waals surface area contributed by atoms with E-state index in [1.165, 1.54) is 57.8 Å². The minimum absolute atomic E-state index is 0.114. The van der Waals surface area contributed by atoms with Gasteiger partial charge in [-0.05, 0) is 98.1 Å². The highest BCUT2D eigenvalue weighted by atomic mass is 19.2. The lowest BCUT2D eigenvalue weighted by Crippen LogP contribution is -2.30. The van der Waals surface area contributed by atoms with Crippen LogP contribution in [0.3, 0.4) is 0 Å². The Morgan fingerprint density at radius 1 is 0.857 bits per heavy atom. The number of halogens is 3. The fourth-order valence-corrected chi connectivity index (χ4v) is 6.92. The van der Waals surface area contributed by atoms with Gasteiger partial charge in [0.25, 0.3) is 0 Å². The predicted octanol–water partition coefficient (Wildman–Crippen LogP) is 10.4. The van der Waals surface area contributed by atoms with Crippen LogP contribution in [0.15, 0.2) is 30.4 Å². The third-order valence-corrected chi connectivity index (χ3v) is 8.92. The summed E-state index contributed by atoms with van der Waals surface area (Å²) in [5.74, 6) is -0.0637. The zero-order valence-electron chi connectivity index (χ0n) is 21.7. The molecule has 0 aliphatic heterocycles. The molecule has 2 saturated carbocycles. The molecule has 2 aromatic rings. The van der Waals surface area contributed by atoms with Gasteiger partial charge >= 0.3 is 0 Å². The maximum atomic E-state index is 15.6. The maximum absolute atomic E-state index is 15.6. The lowest BCUT2D eigenvalue weighted by molar-refractivity contribution is 0.112. The van der Waals surface area contributed by atoms with Crippen molar-refractivity contribution >= 4 is 10.8 Å². The van der Waals surface area contributed by atoms with E-state index < -0.39 is 17.5 Å². The summed E-state index contributed by atoms with van der Waals surface area (Å²) in [5.41, 5.74) is 0.914. The molecule has 2 fully saturated rings. The molecule has 2 aromatic carbocycles. The number of hydrogen-bond donors (Lipinski definition) is 0. The molecule has 2 aliphatic rings. The van der Waals surface area contributed by atoms with Crippen LogP contribution in [0.25, 0.3) is 10.8 Å². The van der Waals surface area contributed by atoms with Crippen LogP contribution in [0.5, 0.6) is 0 Å². The van der Waals surface area contributed by atoms with Gasteiger partial charge in [0.2, 0.25) is 0 Å². The van der Waals surface area contributed by atoms with E-state index in [9.17, 15) is 4.39 Å². The first-order valence-corrected chi connectivity index (χ1v) is 14.2. The number of aryl methyl sites for hydroxylation is 1. The van der Waals surface area contributed by atoms with Gasteiger partial charge in [-0.3, -0.25) is 0 Å². The molecule has 0 N–H and O–H groups in total. The van der Waals surface area contributed by atoms with Crippen molar-refractivity contribution in [3.05, 3.63) is 58.9 Å². The SMILES string of the molecule is CC=CCCc1cc2ccc(C3CCC4CC(CCCCCCC)CCC4C3)c(F)c2c(F)c1F. The van der Waals surface area contributed by atoms with E-state index in [1.807, 2.05) is 25.1 Å². The van der Waals surface area contributed by atoms with E-state index in [2.05, 4.69) is 6.92 Å². The zero-order chi connectivity index (χ0) is 24.8. The minimum Gasteiger partial charge on any atom is -0.206 e. The molecule has 0 spiro atoms. The van der Waals surface area contributed by atoms with Crippen molar-refractivity contribution in [3.63, 3.8) is 0 Å². The third kappa shape index (κ3) is 6.15. The number of fused-ring (bicyclic) bond motifs is 2. The molecule has 0 radical (unpaired) electrons. The van der Waals surface area contributed by atoms with Crippen LogP contribution in [0.2, 0.25) is 0 Å². The summed E-state index contributed by atoms with van der Waals surface area (Å²) in [5, 5.41) is 0.303. The highest BCUT2D eigenvalue weighted by Crippen LogP contribution is 2.49. The highest BCUT2D eigenvalue weighted by molar-refractivity contribution is 5.85. The Kier molecular flexibility index (Phi) is 9.36. The van der Waals surface area contributed by atoms with E-state index in [4.69, 9.17) is 0 Å². The van der Waals surface area contributed by atoms with Crippen LogP contribution in [-0.4, -0.2) is 0 Å². The normalized spacial score (nSPS) is 24.8. The van der Waals surface area contributed by atoms with Crippen molar-refractivity contribution in [1.29, 1.82) is 0 Å². The van der Waals surface area contributed by atoms with Crippen LogP contribution >= 0.6 is 0 Å². The number of rotatable bonds is 10. The van der Waals surface area contributed by atoms with Gasteiger partial charge in [0.1, 0.15) is 5.82 Å². The van der Waals surface area contributed by atoms with Crippen LogP contribution in [0.1, 0.15) is 114 Å². The summed E-state index contributed by atoms with van der Waals surface area (Å²) in [6.45, 7) is 4.17. The van der Waals surface area contributed by atoms with Crippen molar-refractivity contribution in [2.45, 2.75) is 110 Å². The summed E-state index contributed by atoms with van der Waals surface area (Å²) in [6.07, 6.45) is 20.0. The predicted molar refractivity (Wildman–Crippen MR) is 141 cm³/mol. The van der Waals surface area contributed by atoms with Crippen molar-refractivity contribution in [2.75, 3.05) is 0 Å². The first kappa shape index (κ1) is 26.3. The maximum Gasteiger partial charge on any atom is 0.169 e. The Bertz CT molecular complexity index is 1010. The molecule has 4 atom stereocenters. The smallest absolute Gasteiger partial charge is 0.169 e.